The van der Waals surface area contributed by atoms with Gasteiger partial charge in [0.25, 0.3) is 5.91 Å². The summed E-state index contributed by atoms with van der Waals surface area (Å²) in [4.78, 5) is 44.8. The topological polar surface area (TPSA) is 94.6 Å². The zero-order chi connectivity index (χ0) is 23.9. The number of nitrogens with one attached hydrogen (secondary N) is 1. The number of amides is 3. The lowest BCUT2D eigenvalue weighted by Gasteiger charge is -2.40. The molecule has 3 aromatic rings. The molecule has 5 heterocycles. The highest BCUT2D eigenvalue weighted by molar-refractivity contribution is 6.06. The summed E-state index contributed by atoms with van der Waals surface area (Å²) >= 11 is 0. The third-order valence-corrected chi connectivity index (χ3v) is 7.22. The average molecular weight is 470 g/mol. The van der Waals surface area contributed by atoms with Crippen LogP contribution >= 0.6 is 0 Å². The van der Waals surface area contributed by atoms with E-state index in [4.69, 9.17) is 0 Å². The summed E-state index contributed by atoms with van der Waals surface area (Å²) in [5, 5.41) is 2.98. The molecule has 1 N–H and O–H groups in total. The fraction of sp³-hybridized carbons (Fsp3) is 0.346. The molecule has 0 saturated carbocycles. The second-order valence-electron chi connectivity index (χ2n) is 9.41. The Morgan fingerprint density at radius 2 is 1.91 bits per heavy atom. The normalized spacial score (nSPS) is 17.7. The Kier molecular flexibility index (Phi) is 5.32. The molecule has 0 atom stereocenters. The van der Waals surface area contributed by atoms with Gasteiger partial charge in [-0.25, -0.2) is 14.8 Å². The fourth-order valence-corrected chi connectivity index (χ4v) is 5.34. The van der Waals surface area contributed by atoms with Gasteiger partial charge in [-0.15, -0.1) is 0 Å². The van der Waals surface area contributed by atoms with Gasteiger partial charge in [0.15, 0.2) is 0 Å². The maximum atomic E-state index is 13.3. The summed E-state index contributed by atoms with van der Waals surface area (Å²) in [6.45, 7) is 4.82. The van der Waals surface area contributed by atoms with Crippen LogP contribution in [0.3, 0.4) is 0 Å². The van der Waals surface area contributed by atoms with Gasteiger partial charge in [-0.1, -0.05) is 17.7 Å². The Hall–Kier alpha value is -4.01. The second kappa shape index (κ2) is 8.65. The molecule has 1 fully saturated rings. The molecule has 2 aromatic heterocycles. The van der Waals surface area contributed by atoms with Crippen molar-refractivity contribution in [3.8, 4) is 0 Å². The number of hydrogen-bond donors (Lipinski definition) is 1. The Balaban J connectivity index is 1.13. The Morgan fingerprint density at radius 1 is 1.06 bits per heavy atom. The van der Waals surface area contributed by atoms with Crippen molar-refractivity contribution in [1.29, 1.82) is 0 Å². The summed E-state index contributed by atoms with van der Waals surface area (Å²) in [6.07, 6.45) is 7.50. The van der Waals surface area contributed by atoms with E-state index in [0.29, 0.717) is 18.8 Å². The van der Waals surface area contributed by atoms with Crippen molar-refractivity contribution in [1.82, 2.24) is 19.9 Å². The van der Waals surface area contributed by atoms with Gasteiger partial charge in [0.05, 0.1) is 12.2 Å². The lowest BCUT2D eigenvalue weighted by atomic mass is 10.0. The van der Waals surface area contributed by atoms with Gasteiger partial charge in [0.2, 0.25) is 0 Å². The van der Waals surface area contributed by atoms with Crippen molar-refractivity contribution in [2.75, 3.05) is 34.8 Å². The smallest absolute Gasteiger partial charge is 0.322 e. The molecule has 3 aliphatic heterocycles. The van der Waals surface area contributed by atoms with Crippen molar-refractivity contribution >= 4 is 29.1 Å². The summed E-state index contributed by atoms with van der Waals surface area (Å²) in [7, 11) is 0. The largest absolute Gasteiger partial charge is 0.356 e. The van der Waals surface area contributed by atoms with E-state index in [9.17, 15) is 9.59 Å². The summed E-state index contributed by atoms with van der Waals surface area (Å²) in [5.41, 5.74) is 5.66. The number of hydrogen-bond acceptors (Lipinski definition) is 6. The first-order valence-corrected chi connectivity index (χ1v) is 12.1. The molecule has 0 aliphatic carbocycles. The summed E-state index contributed by atoms with van der Waals surface area (Å²) < 4.78 is 0. The number of urea groups is 1. The molecular weight excluding hydrogens is 442 g/mol. The van der Waals surface area contributed by atoms with E-state index in [1.807, 2.05) is 34.2 Å². The van der Waals surface area contributed by atoms with E-state index in [-0.39, 0.29) is 18.0 Å². The van der Waals surface area contributed by atoms with Gasteiger partial charge >= 0.3 is 6.03 Å². The third-order valence-electron chi connectivity index (χ3n) is 7.22. The maximum Gasteiger partial charge on any atom is 0.322 e. The van der Waals surface area contributed by atoms with Gasteiger partial charge in [0, 0.05) is 55.4 Å². The van der Waals surface area contributed by atoms with Crippen LogP contribution in [-0.4, -0.2) is 57.5 Å². The minimum atomic E-state index is -0.0941. The number of nitrogens with zero attached hydrogens (tertiary/aromatic N) is 6. The fourth-order valence-electron chi connectivity index (χ4n) is 5.34. The molecule has 178 valence electrons. The Bertz CT molecular complexity index is 1300. The lowest BCUT2D eigenvalue weighted by Crippen LogP contribution is -2.50. The van der Waals surface area contributed by atoms with Gasteiger partial charge < -0.3 is 20.0 Å². The number of piperidine rings is 1. The third kappa shape index (κ3) is 3.96. The number of pyridine rings is 1. The molecule has 9 heteroatoms. The van der Waals surface area contributed by atoms with E-state index in [0.717, 1.165) is 55.1 Å². The molecule has 0 unspecified atom stereocenters. The number of benzene rings is 1. The van der Waals surface area contributed by atoms with Crippen molar-refractivity contribution < 1.29 is 9.59 Å². The zero-order valence-electron chi connectivity index (χ0n) is 19.6. The van der Waals surface area contributed by atoms with Crippen molar-refractivity contribution in [2.45, 2.75) is 38.8 Å². The SMILES string of the molecule is Cc1ccc2c(c1)CCN2C(=O)c1cc(N2CCC(N3Cc4cnccc4NC3=O)CC2)ncn1. The number of carbonyl (C=O) groups is 2. The van der Waals surface area contributed by atoms with Crippen LogP contribution in [0.5, 0.6) is 0 Å². The van der Waals surface area contributed by atoms with Crippen LogP contribution in [0.4, 0.5) is 22.0 Å². The first-order chi connectivity index (χ1) is 17.1. The minimum Gasteiger partial charge on any atom is -0.356 e. The molecule has 3 amide bonds. The molecule has 0 radical (unpaired) electrons. The van der Waals surface area contributed by atoms with Crippen LogP contribution in [0.25, 0.3) is 0 Å². The highest BCUT2D eigenvalue weighted by atomic mass is 16.2. The van der Waals surface area contributed by atoms with E-state index in [1.165, 1.54) is 17.5 Å². The van der Waals surface area contributed by atoms with Gasteiger partial charge in [0.1, 0.15) is 17.8 Å². The quantitative estimate of drug-likeness (QED) is 0.632. The molecule has 9 nitrogen and oxygen atoms in total. The average Bonchev–Trinajstić information content (AvgIpc) is 3.31. The highest BCUT2D eigenvalue weighted by Crippen LogP contribution is 2.31. The molecule has 0 bridgehead atoms. The van der Waals surface area contributed by atoms with E-state index in [2.05, 4.69) is 38.2 Å². The number of anilines is 3. The second-order valence-corrected chi connectivity index (χ2v) is 9.41. The van der Waals surface area contributed by atoms with Crippen LogP contribution in [-0.2, 0) is 13.0 Å². The van der Waals surface area contributed by atoms with E-state index < -0.39 is 0 Å². The Labute approximate surface area is 203 Å². The molecule has 1 aromatic carbocycles. The zero-order valence-corrected chi connectivity index (χ0v) is 19.6. The number of aryl methyl sites for hydroxylation is 1. The maximum absolute atomic E-state index is 13.3. The molecule has 35 heavy (non-hydrogen) atoms. The number of carbonyl (C=O) groups excluding carboxylic acids is 2. The van der Waals surface area contributed by atoms with Crippen molar-refractivity contribution in [2.24, 2.45) is 0 Å². The molecule has 1 saturated heterocycles. The number of aromatic nitrogens is 3. The van der Waals surface area contributed by atoms with Crippen LogP contribution < -0.4 is 15.1 Å². The first-order valence-electron chi connectivity index (χ1n) is 12.1. The molecule has 0 spiro atoms. The van der Waals surface area contributed by atoms with Gasteiger partial charge in [-0.3, -0.25) is 9.78 Å². The standard InChI is InChI=1S/C26H27N7O2/c1-17-2-3-23-18(12-17)5-11-32(23)25(34)22-13-24(29-16-28-22)31-9-6-20(7-10-31)33-15-19-14-27-8-4-21(19)30-26(33)35/h2-4,8,12-14,16,20H,5-7,9-11,15H2,1H3,(H,30,35). The molecule has 6 rings (SSSR count). The Morgan fingerprint density at radius 3 is 2.77 bits per heavy atom. The molecular formula is C26H27N7O2. The monoisotopic (exact) mass is 469 g/mol. The van der Waals surface area contributed by atoms with Crippen LogP contribution in [0.15, 0.2) is 49.1 Å². The lowest BCUT2D eigenvalue weighted by molar-refractivity contribution is 0.0984. The predicted molar refractivity (Wildman–Crippen MR) is 133 cm³/mol. The summed E-state index contributed by atoms with van der Waals surface area (Å²) in [6, 6.07) is 9.93. The summed E-state index contributed by atoms with van der Waals surface area (Å²) in [5.74, 6) is 0.658. The minimum absolute atomic E-state index is 0.0573. The van der Waals surface area contributed by atoms with Crippen molar-refractivity contribution in [3.63, 3.8) is 0 Å². The van der Waals surface area contributed by atoms with Crippen molar-refractivity contribution in [3.05, 3.63) is 71.4 Å². The van der Waals surface area contributed by atoms with Crippen LogP contribution in [0.2, 0.25) is 0 Å². The van der Waals surface area contributed by atoms with Gasteiger partial charge in [-0.2, -0.15) is 0 Å². The number of fused-ring (bicyclic) bond motifs is 2. The van der Waals surface area contributed by atoms with E-state index in [1.54, 1.807) is 12.3 Å². The van der Waals surface area contributed by atoms with Crippen LogP contribution in [0, 0.1) is 6.92 Å². The number of rotatable bonds is 3. The predicted octanol–water partition coefficient (Wildman–Crippen LogP) is 3.40. The molecule has 3 aliphatic rings. The van der Waals surface area contributed by atoms with E-state index >= 15 is 0 Å². The highest BCUT2D eigenvalue weighted by Gasteiger charge is 2.32. The van der Waals surface area contributed by atoms with Gasteiger partial charge in [-0.05, 0) is 43.9 Å². The first kappa shape index (κ1) is 21.5. The van der Waals surface area contributed by atoms with Crippen LogP contribution in [0.1, 0.15) is 40.0 Å².